The molecule has 0 spiro atoms. The summed E-state index contributed by atoms with van der Waals surface area (Å²) in [6.07, 6.45) is 4.02. The standard InChI is InChI=1S/C9H17NO/c1-5-8(2)6-11-9(3,4)7-10/h6-7,10H,5H2,1-4H3. The topological polar surface area (TPSA) is 33.1 Å². The molecule has 0 aliphatic carbocycles. The highest BCUT2D eigenvalue weighted by molar-refractivity contribution is 5.63. The van der Waals surface area contributed by atoms with Crippen molar-refractivity contribution in [3.8, 4) is 0 Å². The minimum absolute atomic E-state index is 0.462. The lowest BCUT2D eigenvalue weighted by Crippen LogP contribution is -2.23. The van der Waals surface area contributed by atoms with Crippen LogP contribution in [-0.4, -0.2) is 11.8 Å². The van der Waals surface area contributed by atoms with Gasteiger partial charge in [0, 0.05) is 6.21 Å². The Morgan fingerprint density at radius 2 is 2.09 bits per heavy atom. The molecule has 0 saturated heterocycles. The molecule has 0 radical (unpaired) electrons. The first kappa shape index (κ1) is 10.2. The van der Waals surface area contributed by atoms with Crippen molar-refractivity contribution in [2.45, 2.75) is 39.7 Å². The summed E-state index contributed by atoms with van der Waals surface area (Å²) in [6, 6.07) is 0. The average Bonchev–Trinajstić information content (AvgIpc) is 2.00. The van der Waals surface area contributed by atoms with E-state index in [2.05, 4.69) is 6.92 Å². The van der Waals surface area contributed by atoms with Crippen molar-refractivity contribution in [1.29, 1.82) is 5.41 Å². The van der Waals surface area contributed by atoms with Crippen LogP contribution in [0.4, 0.5) is 0 Å². The van der Waals surface area contributed by atoms with Gasteiger partial charge in [-0.3, -0.25) is 0 Å². The van der Waals surface area contributed by atoms with Gasteiger partial charge in [-0.1, -0.05) is 6.92 Å². The fourth-order valence-corrected chi connectivity index (χ4v) is 0.370. The molecule has 0 unspecified atom stereocenters. The normalized spacial score (nSPS) is 12.9. The molecule has 0 aromatic rings. The molecule has 0 amide bonds. The van der Waals surface area contributed by atoms with E-state index in [4.69, 9.17) is 10.1 Å². The number of nitrogens with one attached hydrogen (secondary N) is 1. The molecule has 0 fully saturated rings. The second-order valence-electron chi connectivity index (χ2n) is 3.18. The second kappa shape index (κ2) is 4.16. The molecule has 0 aliphatic rings. The van der Waals surface area contributed by atoms with Gasteiger partial charge in [-0.15, -0.1) is 0 Å². The van der Waals surface area contributed by atoms with Crippen LogP contribution in [0.2, 0.25) is 0 Å². The maximum absolute atomic E-state index is 7.03. The smallest absolute Gasteiger partial charge is 0.137 e. The van der Waals surface area contributed by atoms with Gasteiger partial charge < -0.3 is 10.1 Å². The minimum atomic E-state index is -0.462. The van der Waals surface area contributed by atoms with Gasteiger partial charge >= 0.3 is 0 Å². The van der Waals surface area contributed by atoms with E-state index < -0.39 is 5.60 Å². The predicted octanol–water partition coefficient (Wildman–Crippen LogP) is 2.74. The van der Waals surface area contributed by atoms with E-state index >= 15 is 0 Å². The van der Waals surface area contributed by atoms with Crippen LogP contribution in [0.5, 0.6) is 0 Å². The summed E-state index contributed by atoms with van der Waals surface area (Å²) < 4.78 is 5.33. The van der Waals surface area contributed by atoms with Crippen molar-refractivity contribution in [2.75, 3.05) is 0 Å². The SMILES string of the molecule is CCC(C)=COC(C)(C)C=N. The molecule has 0 atom stereocenters. The Hall–Kier alpha value is -0.790. The van der Waals surface area contributed by atoms with Crippen LogP contribution in [0.15, 0.2) is 11.8 Å². The molecule has 1 N–H and O–H groups in total. The van der Waals surface area contributed by atoms with E-state index in [1.165, 1.54) is 11.8 Å². The molecule has 2 nitrogen and oxygen atoms in total. The summed E-state index contributed by atoms with van der Waals surface area (Å²) in [7, 11) is 0. The highest BCUT2D eigenvalue weighted by Crippen LogP contribution is 2.08. The Bertz CT molecular complexity index is 159. The van der Waals surface area contributed by atoms with Crippen molar-refractivity contribution in [1.82, 2.24) is 0 Å². The molecule has 2 heteroatoms. The summed E-state index contributed by atoms with van der Waals surface area (Å²) >= 11 is 0. The Balaban J connectivity index is 3.96. The largest absolute Gasteiger partial charge is 0.490 e. The monoisotopic (exact) mass is 155 g/mol. The number of rotatable bonds is 4. The lowest BCUT2D eigenvalue weighted by atomic mass is 10.2. The molecule has 0 bridgehead atoms. The number of ether oxygens (including phenoxy) is 1. The number of allylic oxidation sites excluding steroid dienone is 1. The Morgan fingerprint density at radius 1 is 1.55 bits per heavy atom. The average molecular weight is 155 g/mol. The Labute approximate surface area is 68.8 Å². The summed E-state index contributed by atoms with van der Waals surface area (Å²) in [5, 5.41) is 7.03. The molecule has 11 heavy (non-hydrogen) atoms. The van der Waals surface area contributed by atoms with Crippen molar-refractivity contribution >= 4 is 6.21 Å². The predicted molar refractivity (Wildman–Crippen MR) is 48.0 cm³/mol. The zero-order valence-corrected chi connectivity index (χ0v) is 7.77. The van der Waals surface area contributed by atoms with Crippen molar-refractivity contribution in [3.63, 3.8) is 0 Å². The van der Waals surface area contributed by atoms with Crippen LogP contribution < -0.4 is 0 Å². The van der Waals surface area contributed by atoms with Gasteiger partial charge in [0.25, 0.3) is 0 Å². The van der Waals surface area contributed by atoms with Crippen LogP contribution in [0.1, 0.15) is 34.1 Å². The molecule has 64 valence electrons. The van der Waals surface area contributed by atoms with Gasteiger partial charge in [0.1, 0.15) is 5.60 Å². The maximum Gasteiger partial charge on any atom is 0.137 e. The lowest BCUT2D eigenvalue weighted by Gasteiger charge is -2.18. The summed E-state index contributed by atoms with van der Waals surface area (Å²) in [4.78, 5) is 0. The van der Waals surface area contributed by atoms with E-state index in [9.17, 15) is 0 Å². The lowest BCUT2D eigenvalue weighted by molar-refractivity contribution is 0.126. The molecule has 0 aromatic heterocycles. The van der Waals surface area contributed by atoms with Gasteiger partial charge in [-0.2, -0.15) is 0 Å². The molecule has 0 saturated carbocycles. The number of hydrogen-bond acceptors (Lipinski definition) is 2. The molecule has 0 aliphatic heterocycles. The number of hydrogen-bond donors (Lipinski definition) is 1. The summed E-state index contributed by atoms with van der Waals surface area (Å²) in [5.74, 6) is 0. The van der Waals surface area contributed by atoms with Crippen LogP contribution in [0.3, 0.4) is 0 Å². The third-order valence-electron chi connectivity index (χ3n) is 1.47. The fraction of sp³-hybridized carbons (Fsp3) is 0.667. The van der Waals surface area contributed by atoms with Crippen LogP contribution >= 0.6 is 0 Å². The van der Waals surface area contributed by atoms with Crippen molar-refractivity contribution in [3.05, 3.63) is 11.8 Å². The maximum atomic E-state index is 7.03. The molecule has 0 aromatic carbocycles. The van der Waals surface area contributed by atoms with Crippen molar-refractivity contribution in [2.24, 2.45) is 0 Å². The van der Waals surface area contributed by atoms with E-state index in [0.717, 1.165) is 6.42 Å². The minimum Gasteiger partial charge on any atom is -0.490 e. The van der Waals surface area contributed by atoms with E-state index in [1.807, 2.05) is 20.8 Å². The summed E-state index contributed by atoms with van der Waals surface area (Å²) in [5.41, 5.74) is 0.733. The first-order valence-corrected chi connectivity index (χ1v) is 3.87. The zero-order valence-electron chi connectivity index (χ0n) is 7.77. The molecular formula is C9H17NO. The first-order valence-electron chi connectivity index (χ1n) is 3.87. The van der Waals surface area contributed by atoms with Gasteiger partial charge in [0.15, 0.2) is 0 Å². The van der Waals surface area contributed by atoms with Gasteiger partial charge in [-0.05, 0) is 32.8 Å². The zero-order chi connectivity index (χ0) is 8.91. The first-order chi connectivity index (χ1) is 5.02. The van der Waals surface area contributed by atoms with Gasteiger partial charge in [0.05, 0.1) is 6.26 Å². The van der Waals surface area contributed by atoms with Gasteiger partial charge in [0.2, 0.25) is 0 Å². The highest BCUT2D eigenvalue weighted by Gasteiger charge is 2.12. The van der Waals surface area contributed by atoms with Gasteiger partial charge in [-0.25, -0.2) is 0 Å². The molecular weight excluding hydrogens is 138 g/mol. The van der Waals surface area contributed by atoms with E-state index in [0.29, 0.717) is 0 Å². The quantitative estimate of drug-likeness (QED) is 0.491. The highest BCUT2D eigenvalue weighted by atomic mass is 16.5. The third kappa shape index (κ3) is 4.59. The van der Waals surface area contributed by atoms with Crippen LogP contribution in [-0.2, 0) is 4.74 Å². The third-order valence-corrected chi connectivity index (χ3v) is 1.47. The molecule has 0 rings (SSSR count). The van der Waals surface area contributed by atoms with Crippen molar-refractivity contribution < 1.29 is 4.74 Å². The Morgan fingerprint density at radius 3 is 2.45 bits per heavy atom. The van der Waals surface area contributed by atoms with Crippen LogP contribution in [0, 0.1) is 5.41 Å². The second-order valence-corrected chi connectivity index (χ2v) is 3.18. The van der Waals surface area contributed by atoms with E-state index in [-0.39, 0.29) is 0 Å². The molecule has 0 heterocycles. The summed E-state index contributed by atoms with van der Waals surface area (Å²) in [6.45, 7) is 7.81. The van der Waals surface area contributed by atoms with Crippen LogP contribution in [0.25, 0.3) is 0 Å². The van der Waals surface area contributed by atoms with E-state index in [1.54, 1.807) is 6.26 Å². The Kier molecular flexibility index (Phi) is 3.86. The fourth-order valence-electron chi connectivity index (χ4n) is 0.370.